The molecule has 0 saturated heterocycles. The number of benzene rings is 1. The second kappa shape index (κ2) is 4.98. The number of hydrogen-bond donors (Lipinski definition) is 1. The molecule has 2 aromatic rings. The number of carbonyl (C=O) groups excluding carboxylic acids is 1. The molecule has 0 fully saturated rings. The molecule has 0 radical (unpaired) electrons. The molecule has 1 heterocycles. The first-order chi connectivity index (χ1) is 8.08. The standard InChI is InChI=1S/C12H9BrFNOS/c1-7-5-17-6-9(7)12(16)15-11-3-2-8(14)4-10(11)13/h2-6H,1H3,(H,15,16). The fraction of sp³-hybridized carbons (Fsp3) is 0.0833. The van der Waals surface area contributed by atoms with Crippen LogP contribution in [0.25, 0.3) is 0 Å². The maximum Gasteiger partial charge on any atom is 0.256 e. The third kappa shape index (κ3) is 2.73. The van der Waals surface area contributed by atoms with E-state index in [1.807, 2.05) is 12.3 Å². The van der Waals surface area contributed by atoms with Crippen molar-refractivity contribution in [1.82, 2.24) is 0 Å². The molecule has 0 saturated carbocycles. The van der Waals surface area contributed by atoms with Gasteiger partial charge in [-0.1, -0.05) is 0 Å². The van der Waals surface area contributed by atoms with Gasteiger partial charge in [-0.2, -0.15) is 11.3 Å². The Bertz CT molecular complexity index is 567. The van der Waals surface area contributed by atoms with E-state index < -0.39 is 0 Å². The molecule has 2 rings (SSSR count). The monoisotopic (exact) mass is 313 g/mol. The van der Waals surface area contributed by atoms with Crippen LogP contribution in [0.15, 0.2) is 33.4 Å². The first-order valence-electron chi connectivity index (χ1n) is 4.87. The summed E-state index contributed by atoms with van der Waals surface area (Å²) in [4.78, 5) is 11.9. The van der Waals surface area contributed by atoms with Gasteiger partial charge in [0, 0.05) is 9.85 Å². The summed E-state index contributed by atoms with van der Waals surface area (Å²) < 4.78 is 13.4. The van der Waals surface area contributed by atoms with Gasteiger partial charge in [0.2, 0.25) is 0 Å². The smallest absolute Gasteiger partial charge is 0.256 e. The zero-order chi connectivity index (χ0) is 12.4. The van der Waals surface area contributed by atoms with Gasteiger partial charge in [-0.05, 0) is 52.0 Å². The van der Waals surface area contributed by atoms with Gasteiger partial charge in [-0.15, -0.1) is 0 Å². The summed E-state index contributed by atoms with van der Waals surface area (Å²) in [5.41, 5.74) is 2.14. The molecule has 0 atom stereocenters. The van der Waals surface area contributed by atoms with Gasteiger partial charge in [-0.25, -0.2) is 4.39 Å². The van der Waals surface area contributed by atoms with Crippen molar-refractivity contribution < 1.29 is 9.18 Å². The molecule has 88 valence electrons. The van der Waals surface area contributed by atoms with Crippen molar-refractivity contribution >= 4 is 38.9 Å². The minimum absolute atomic E-state index is 0.184. The van der Waals surface area contributed by atoms with Crippen molar-refractivity contribution in [2.24, 2.45) is 0 Å². The maximum atomic E-state index is 12.9. The second-order valence-corrected chi connectivity index (χ2v) is 5.14. The van der Waals surface area contributed by atoms with Crippen LogP contribution in [0.2, 0.25) is 0 Å². The molecule has 1 aromatic carbocycles. The second-order valence-electron chi connectivity index (χ2n) is 3.55. The average molecular weight is 314 g/mol. The fourth-order valence-corrected chi connectivity index (χ4v) is 2.65. The lowest BCUT2D eigenvalue weighted by Gasteiger charge is -2.07. The zero-order valence-corrected chi connectivity index (χ0v) is 11.4. The Balaban J connectivity index is 2.22. The van der Waals surface area contributed by atoms with Gasteiger partial charge in [-0.3, -0.25) is 4.79 Å². The quantitative estimate of drug-likeness (QED) is 0.884. The highest BCUT2D eigenvalue weighted by Gasteiger charge is 2.11. The van der Waals surface area contributed by atoms with E-state index in [9.17, 15) is 9.18 Å². The van der Waals surface area contributed by atoms with Crippen LogP contribution < -0.4 is 5.32 Å². The molecule has 1 aromatic heterocycles. The van der Waals surface area contributed by atoms with Crippen LogP contribution in [-0.4, -0.2) is 5.91 Å². The van der Waals surface area contributed by atoms with Gasteiger partial charge >= 0.3 is 0 Å². The highest BCUT2D eigenvalue weighted by atomic mass is 79.9. The van der Waals surface area contributed by atoms with E-state index in [-0.39, 0.29) is 11.7 Å². The molecule has 0 bridgehead atoms. The summed E-state index contributed by atoms with van der Waals surface area (Å²) in [5.74, 6) is -0.530. The average Bonchev–Trinajstić information content (AvgIpc) is 2.68. The van der Waals surface area contributed by atoms with E-state index in [4.69, 9.17) is 0 Å². The minimum atomic E-state index is -0.346. The largest absolute Gasteiger partial charge is 0.321 e. The van der Waals surface area contributed by atoms with Crippen LogP contribution in [0.5, 0.6) is 0 Å². The van der Waals surface area contributed by atoms with Crippen molar-refractivity contribution in [3.63, 3.8) is 0 Å². The van der Waals surface area contributed by atoms with Crippen molar-refractivity contribution in [2.45, 2.75) is 6.92 Å². The molecule has 17 heavy (non-hydrogen) atoms. The molecule has 1 N–H and O–H groups in total. The summed E-state index contributed by atoms with van der Waals surface area (Å²) in [6.45, 7) is 1.88. The molecule has 0 aliphatic rings. The lowest BCUT2D eigenvalue weighted by molar-refractivity contribution is 0.102. The van der Waals surface area contributed by atoms with Crippen LogP contribution in [0.1, 0.15) is 15.9 Å². The molecule has 1 amide bonds. The van der Waals surface area contributed by atoms with E-state index in [1.165, 1.54) is 29.5 Å². The Morgan fingerprint density at radius 3 is 2.76 bits per heavy atom. The Kier molecular flexibility index (Phi) is 3.59. The molecule has 0 spiro atoms. The number of hydrogen-bond acceptors (Lipinski definition) is 2. The minimum Gasteiger partial charge on any atom is -0.321 e. The highest BCUT2D eigenvalue weighted by Crippen LogP contribution is 2.24. The first-order valence-corrected chi connectivity index (χ1v) is 6.60. The lowest BCUT2D eigenvalue weighted by Crippen LogP contribution is -2.12. The van der Waals surface area contributed by atoms with E-state index in [2.05, 4.69) is 21.2 Å². The molecule has 0 aliphatic carbocycles. The highest BCUT2D eigenvalue weighted by molar-refractivity contribution is 9.10. The molecule has 0 unspecified atom stereocenters. The number of carbonyl (C=O) groups is 1. The number of anilines is 1. The third-order valence-corrected chi connectivity index (χ3v) is 3.80. The van der Waals surface area contributed by atoms with Crippen LogP contribution in [0.4, 0.5) is 10.1 Å². The maximum absolute atomic E-state index is 12.9. The summed E-state index contributed by atoms with van der Waals surface area (Å²) in [5, 5.41) is 6.44. The number of thiophene rings is 1. The molecular formula is C12H9BrFNOS. The zero-order valence-electron chi connectivity index (χ0n) is 8.96. The number of halogens is 2. The SMILES string of the molecule is Cc1cscc1C(=O)Nc1ccc(F)cc1Br. The predicted octanol–water partition coefficient (Wildman–Crippen LogP) is 4.21. The van der Waals surface area contributed by atoms with Gasteiger partial charge in [0.15, 0.2) is 0 Å². The van der Waals surface area contributed by atoms with E-state index >= 15 is 0 Å². The Morgan fingerprint density at radius 2 is 2.18 bits per heavy atom. The number of amides is 1. The Morgan fingerprint density at radius 1 is 1.41 bits per heavy atom. The van der Waals surface area contributed by atoms with E-state index in [1.54, 1.807) is 5.38 Å². The first kappa shape index (κ1) is 12.3. The van der Waals surface area contributed by atoms with E-state index in [0.717, 1.165) is 5.56 Å². The number of nitrogens with one attached hydrogen (secondary N) is 1. The lowest BCUT2D eigenvalue weighted by atomic mass is 10.2. The van der Waals surface area contributed by atoms with Crippen LogP contribution in [0.3, 0.4) is 0 Å². The van der Waals surface area contributed by atoms with Crippen molar-refractivity contribution in [1.29, 1.82) is 0 Å². The van der Waals surface area contributed by atoms with Crippen molar-refractivity contribution in [3.8, 4) is 0 Å². The topological polar surface area (TPSA) is 29.1 Å². The van der Waals surface area contributed by atoms with Crippen molar-refractivity contribution in [3.05, 3.63) is 50.4 Å². The molecule has 0 aliphatic heterocycles. The van der Waals surface area contributed by atoms with Gasteiger partial charge < -0.3 is 5.32 Å². The van der Waals surface area contributed by atoms with Crippen LogP contribution in [0, 0.1) is 12.7 Å². The Labute approximate surface area is 111 Å². The molecule has 2 nitrogen and oxygen atoms in total. The fourth-order valence-electron chi connectivity index (χ4n) is 1.37. The number of aryl methyl sites for hydroxylation is 1. The van der Waals surface area contributed by atoms with E-state index in [0.29, 0.717) is 15.7 Å². The van der Waals surface area contributed by atoms with Gasteiger partial charge in [0.25, 0.3) is 5.91 Å². The van der Waals surface area contributed by atoms with Gasteiger partial charge in [0.05, 0.1) is 11.3 Å². The molecular weight excluding hydrogens is 305 g/mol. The summed E-state index contributed by atoms with van der Waals surface area (Å²) >= 11 is 4.68. The van der Waals surface area contributed by atoms with Crippen LogP contribution in [-0.2, 0) is 0 Å². The van der Waals surface area contributed by atoms with Gasteiger partial charge in [0.1, 0.15) is 5.82 Å². The normalized spacial score (nSPS) is 10.3. The number of rotatable bonds is 2. The summed E-state index contributed by atoms with van der Waals surface area (Å²) in [6.07, 6.45) is 0. The predicted molar refractivity (Wildman–Crippen MR) is 71.1 cm³/mol. The third-order valence-electron chi connectivity index (χ3n) is 2.28. The molecule has 5 heteroatoms. The summed E-state index contributed by atoms with van der Waals surface area (Å²) in [7, 11) is 0. The Hall–Kier alpha value is -1.20. The van der Waals surface area contributed by atoms with Crippen molar-refractivity contribution in [2.75, 3.05) is 5.32 Å². The summed E-state index contributed by atoms with van der Waals surface area (Å²) in [6, 6.07) is 4.15. The van der Waals surface area contributed by atoms with Crippen LogP contribution >= 0.6 is 27.3 Å².